The van der Waals surface area contributed by atoms with E-state index in [9.17, 15) is 4.79 Å². The molecule has 4 heteroatoms. The summed E-state index contributed by atoms with van der Waals surface area (Å²) in [4.78, 5) is 12.7. The zero-order valence-corrected chi connectivity index (χ0v) is 14.0. The Balaban J connectivity index is 2.16. The second-order valence-corrected chi connectivity index (χ2v) is 7.28. The minimum atomic E-state index is -0.112. The van der Waals surface area contributed by atoms with E-state index in [0.29, 0.717) is 16.6 Å². The van der Waals surface area contributed by atoms with Crippen LogP contribution in [0.5, 0.6) is 0 Å². The van der Waals surface area contributed by atoms with E-state index < -0.39 is 0 Å². The van der Waals surface area contributed by atoms with Crippen LogP contribution in [-0.2, 0) is 4.79 Å². The minimum Gasteiger partial charge on any atom is -0.327 e. The van der Waals surface area contributed by atoms with E-state index in [2.05, 4.69) is 26.1 Å². The molecule has 3 N–H and O–H groups in total. The summed E-state index contributed by atoms with van der Waals surface area (Å²) in [5.41, 5.74) is 7.81. The van der Waals surface area contributed by atoms with Crippen LogP contribution in [0.15, 0.2) is 18.2 Å². The van der Waals surface area contributed by atoms with Crippen LogP contribution in [0.25, 0.3) is 0 Å². The summed E-state index contributed by atoms with van der Waals surface area (Å²) in [7, 11) is 0. The number of nitrogens with two attached hydrogens (primary N) is 1. The quantitative estimate of drug-likeness (QED) is 0.868. The molecule has 1 fully saturated rings. The third kappa shape index (κ3) is 3.24. The van der Waals surface area contributed by atoms with Crippen molar-refractivity contribution in [3.63, 3.8) is 0 Å². The molecule has 0 aliphatic heterocycles. The minimum absolute atomic E-state index is 0.0373. The van der Waals surface area contributed by atoms with Crippen LogP contribution in [0.3, 0.4) is 0 Å². The highest BCUT2D eigenvalue weighted by Gasteiger charge is 2.45. The van der Waals surface area contributed by atoms with Gasteiger partial charge in [0.25, 0.3) is 0 Å². The molecule has 3 atom stereocenters. The topological polar surface area (TPSA) is 55.1 Å². The molecule has 0 saturated heterocycles. The Morgan fingerprint density at radius 1 is 1.38 bits per heavy atom. The number of hydrogen-bond acceptors (Lipinski definition) is 2. The highest BCUT2D eigenvalue weighted by molar-refractivity contribution is 6.33. The first-order valence-electron chi connectivity index (χ1n) is 7.56. The Labute approximate surface area is 132 Å². The number of carbonyl (C=O) groups excluding carboxylic acids is 1. The van der Waals surface area contributed by atoms with Crippen LogP contribution in [0, 0.1) is 24.2 Å². The molecule has 1 saturated carbocycles. The molecule has 1 aliphatic carbocycles. The molecule has 3 unspecified atom stereocenters. The number of benzene rings is 1. The predicted octanol–water partition coefficient (Wildman–Crippen LogP) is 3.99. The molecule has 0 radical (unpaired) electrons. The molecule has 116 valence electrons. The van der Waals surface area contributed by atoms with Crippen LogP contribution in [0.1, 0.15) is 39.2 Å². The molecule has 1 aliphatic rings. The maximum Gasteiger partial charge on any atom is 0.228 e. The Bertz CT molecular complexity index is 542. The maximum atomic E-state index is 12.7. The van der Waals surface area contributed by atoms with Gasteiger partial charge in [-0.15, -0.1) is 0 Å². The van der Waals surface area contributed by atoms with Gasteiger partial charge in [0.05, 0.1) is 10.7 Å². The Hall–Kier alpha value is -1.06. The summed E-state index contributed by atoms with van der Waals surface area (Å²) in [5, 5.41) is 3.57. The zero-order valence-electron chi connectivity index (χ0n) is 13.2. The number of nitrogens with one attached hydrogen (secondary N) is 1. The third-order valence-corrected chi connectivity index (χ3v) is 5.51. The van der Waals surface area contributed by atoms with Gasteiger partial charge in [-0.2, -0.15) is 0 Å². The van der Waals surface area contributed by atoms with Gasteiger partial charge in [0, 0.05) is 12.0 Å². The lowest BCUT2D eigenvalue weighted by atomic mass is 9.61. The van der Waals surface area contributed by atoms with Crippen LogP contribution in [0.4, 0.5) is 5.69 Å². The van der Waals surface area contributed by atoms with Crippen molar-refractivity contribution < 1.29 is 4.79 Å². The SMILES string of the molecule is Cc1ccc(NC(=O)C2CCC(N)C(C)C2(C)C)c(Cl)c1. The number of rotatable bonds is 2. The maximum absolute atomic E-state index is 12.7. The number of aryl methyl sites for hydroxylation is 1. The van der Waals surface area contributed by atoms with Crippen molar-refractivity contribution in [3.05, 3.63) is 28.8 Å². The number of carbonyl (C=O) groups is 1. The Morgan fingerprint density at radius 3 is 2.67 bits per heavy atom. The first kappa shape index (κ1) is 16.3. The zero-order chi connectivity index (χ0) is 15.8. The summed E-state index contributed by atoms with van der Waals surface area (Å²) >= 11 is 6.20. The molecule has 1 aromatic rings. The van der Waals surface area contributed by atoms with Gasteiger partial charge in [-0.1, -0.05) is 38.4 Å². The van der Waals surface area contributed by atoms with Gasteiger partial charge in [0.1, 0.15) is 0 Å². The second-order valence-electron chi connectivity index (χ2n) is 6.88. The second kappa shape index (κ2) is 5.98. The molecule has 0 heterocycles. The van der Waals surface area contributed by atoms with E-state index in [1.54, 1.807) is 0 Å². The lowest BCUT2D eigenvalue weighted by Crippen LogP contribution is -2.50. The van der Waals surface area contributed by atoms with Gasteiger partial charge in [-0.3, -0.25) is 4.79 Å². The van der Waals surface area contributed by atoms with Gasteiger partial charge < -0.3 is 11.1 Å². The summed E-state index contributed by atoms with van der Waals surface area (Å²) in [6, 6.07) is 5.85. The van der Waals surface area contributed by atoms with Gasteiger partial charge in [0.2, 0.25) is 5.91 Å². The third-order valence-electron chi connectivity index (χ3n) is 5.20. The van der Waals surface area contributed by atoms with E-state index in [4.69, 9.17) is 17.3 Å². The molecule has 0 bridgehead atoms. The largest absolute Gasteiger partial charge is 0.327 e. The predicted molar refractivity (Wildman–Crippen MR) is 88.5 cm³/mol. The first-order valence-corrected chi connectivity index (χ1v) is 7.94. The first-order chi connectivity index (χ1) is 9.73. The van der Waals surface area contributed by atoms with E-state index in [0.717, 1.165) is 18.4 Å². The lowest BCUT2D eigenvalue weighted by Gasteiger charge is -2.46. The van der Waals surface area contributed by atoms with Gasteiger partial charge >= 0.3 is 0 Å². The summed E-state index contributed by atoms with van der Waals surface area (Å²) in [6.07, 6.45) is 1.72. The highest BCUT2D eigenvalue weighted by atomic mass is 35.5. The van der Waals surface area contributed by atoms with E-state index in [1.807, 2.05) is 25.1 Å². The normalized spacial score (nSPS) is 28.2. The lowest BCUT2D eigenvalue weighted by molar-refractivity contribution is -0.127. The Kier molecular flexibility index (Phi) is 4.64. The molecule has 1 aromatic carbocycles. The van der Waals surface area contributed by atoms with Crippen molar-refractivity contribution in [1.82, 2.24) is 0 Å². The van der Waals surface area contributed by atoms with Crippen LogP contribution >= 0.6 is 11.6 Å². The van der Waals surface area contributed by atoms with Gasteiger partial charge in [-0.25, -0.2) is 0 Å². The molecular weight excluding hydrogens is 284 g/mol. The van der Waals surface area contributed by atoms with E-state index in [1.165, 1.54) is 0 Å². The van der Waals surface area contributed by atoms with E-state index in [-0.39, 0.29) is 23.3 Å². The van der Waals surface area contributed by atoms with Crippen molar-refractivity contribution in [2.75, 3.05) is 5.32 Å². The smallest absolute Gasteiger partial charge is 0.228 e. The Morgan fingerprint density at radius 2 is 2.05 bits per heavy atom. The molecule has 3 nitrogen and oxygen atoms in total. The van der Waals surface area contributed by atoms with Crippen LogP contribution < -0.4 is 11.1 Å². The molecule has 1 amide bonds. The average Bonchev–Trinajstić information content (AvgIpc) is 2.39. The molecule has 0 spiro atoms. The number of amides is 1. The van der Waals surface area contributed by atoms with Crippen molar-refractivity contribution in [3.8, 4) is 0 Å². The standard InChI is InChI=1S/C17H25ClN2O/c1-10-5-8-15(13(18)9-10)20-16(21)12-6-7-14(19)11(2)17(12,3)4/h5,8-9,11-12,14H,6-7,19H2,1-4H3,(H,20,21). The highest BCUT2D eigenvalue weighted by Crippen LogP contribution is 2.44. The molecule has 2 rings (SSSR count). The van der Waals surface area contributed by atoms with Crippen molar-refractivity contribution in [2.24, 2.45) is 23.0 Å². The molecule has 21 heavy (non-hydrogen) atoms. The number of halogens is 1. The van der Waals surface area contributed by atoms with Crippen LogP contribution in [-0.4, -0.2) is 11.9 Å². The van der Waals surface area contributed by atoms with Crippen molar-refractivity contribution in [1.29, 1.82) is 0 Å². The fourth-order valence-corrected chi connectivity index (χ4v) is 3.54. The summed E-state index contributed by atoms with van der Waals surface area (Å²) in [5.74, 6) is 0.324. The monoisotopic (exact) mass is 308 g/mol. The van der Waals surface area contributed by atoms with Crippen LogP contribution in [0.2, 0.25) is 5.02 Å². The molecule has 0 aromatic heterocycles. The fourth-order valence-electron chi connectivity index (χ4n) is 3.26. The number of hydrogen-bond donors (Lipinski definition) is 2. The van der Waals surface area contributed by atoms with Crippen molar-refractivity contribution in [2.45, 2.75) is 46.6 Å². The van der Waals surface area contributed by atoms with Gasteiger partial charge in [0.15, 0.2) is 0 Å². The fraction of sp³-hybridized carbons (Fsp3) is 0.588. The van der Waals surface area contributed by atoms with E-state index >= 15 is 0 Å². The average molecular weight is 309 g/mol. The van der Waals surface area contributed by atoms with Gasteiger partial charge in [-0.05, 0) is 48.8 Å². The summed E-state index contributed by atoms with van der Waals surface area (Å²) < 4.78 is 0. The van der Waals surface area contributed by atoms with Crippen molar-refractivity contribution >= 4 is 23.2 Å². The summed E-state index contributed by atoms with van der Waals surface area (Å²) in [6.45, 7) is 8.39. The molecular formula is C17H25ClN2O. The number of anilines is 1.